The topological polar surface area (TPSA) is 63.4 Å². The molecule has 6 heteroatoms. The molecule has 0 aliphatic heterocycles. The number of hydrogen-bond donors (Lipinski definition) is 0. The van der Waals surface area contributed by atoms with Crippen LogP contribution in [0.25, 0.3) is 17.2 Å². The number of carbonyl (C=O) groups excluding carboxylic acids is 1. The van der Waals surface area contributed by atoms with E-state index in [2.05, 4.69) is 29.0 Å². The van der Waals surface area contributed by atoms with Crippen LogP contribution in [0.4, 0.5) is 0 Å². The third-order valence-electron chi connectivity index (χ3n) is 3.85. The van der Waals surface area contributed by atoms with Gasteiger partial charge in [0.2, 0.25) is 0 Å². The maximum Gasteiger partial charge on any atom is 0.255 e. The highest BCUT2D eigenvalue weighted by molar-refractivity contribution is 5.94. The van der Waals surface area contributed by atoms with Crippen molar-refractivity contribution in [3.8, 4) is 11.4 Å². The van der Waals surface area contributed by atoms with E-state index >= 15 is 0 Å². The third-order valence-corrected chi connectivity index (χ3v) is 3.85. The number of hydrogen-bond acceptors (Lipinski definition) is 4. The van der Waals surface area contributed by atoms with E-state index < -0.39 is 0 Å². The Morgan fingerprint density at radius 2 is 1.79 bits per heavy atom. The van der Waals surface area contributed by atoms with Crippen LogP contribution < -0.4 is 0 Å². The Kier molecular flexibility index (Phi) is 4.84. The van der Waals surface area contributed by atoms with E-state index in [0.717, 1.165) is 37.3 Å². The second-order valence-electron chi connectivity index (χ2n) is 5.68. The van der Waals surface area contributed by atoms with Gasteiger partial charge in [0.05, 0.1) is 0 Å². The van der Waals surface area contributed by atoms with Gasteiger partial charge >= 0.3 is 0 Å². The van der Waals surface area contributed by atoms with Gasteiger partial charge in [-0.15, -0.1) is 10.2 Å². The van der Waals surface area contributed by atoms with Crippen molar-refractivity contribution in [2.45, 2.75) is 26.7 Å². The number of benzene rings is 1. The standard InChI is InChI=1S/C18H21N5O/c1-3-11-22(12-4-2)17(24)15-8-6-14(7-9-15)16-20-21-18-19-10-5-13-23(16)18/h5-10,13H,3-4,11-12H2,1-2H3. The Morgan fingerprint density at radius 1 is 1.08 bits per heavy atom. The normalized spacial score (nSPS) is 10.9. The van der Waals surface area contributed by atoms with Gasteiger partial charge in [0.15, 0.2) is 5.82 Å². The van der Waals surface area contributed by atoms with E-state index in [1.807, 2.05) is 45.8 Å². The van der Waals surface area contributed by atoms with Gasteiger partial charge in [-0.2, -0.15) is 0 Å². The first-order chi connectivity index (χ1) is 11.7. The van der Waals surface area contributed by atoms with Crippen molar-refractivity contribution >= 4 is 11.7 Å². The number of rotatable bonds is 6. The Labute approximate surface area is 141 Å². The number of nitrogens with zero attached hydrogens (tertiary/aromatic N) is 5. The first-order valence-electron chi connectivity index (χ1n) is 8.30. The highest BCUT2D eigenvalue weighted by Gasteiger charge is 2.15. The van der Waals surface area contributed by atoms with E-state index in [1.165, 1.54) is 0 Å². The highest BCUT2D eigenvalue weighted by Crippen LogP contribution is 2.19. The van der Waals surface area contributed by atoms with Gasteiger partial charge in [0.1, 0.15) is 0 Å². The molecule has 0 aliphatic carbocycles. The zero-order valence-corrected chi connectivity index (χ0v) is 14.0. The maximum absolute atomic E-state index is 12.6. The zero-order chi connectivity index (χ0) is 16.9. The summed E-state index contributed by atoms with van der Waals surface area (Å²) in [6.45, 7) is 5.75. The Bertz CT molecular complexity index is 819. The minimum absolute atomic E-state index is 0.0815. The lowest BCUT2D eigenvalue weighted by molar-refractivity contribution is 0.0755. The first-order valence-corrected chi connectivity index (χ1v) is 8.30. The van der Waals surface area contributed by atoms with E-state index in [-0.39, 0.29) is 5.91 Å². The molecule has 0 radical (unpaired) electrons. The summed E-state index contributed by atoms with van der Waals surface area (Å²) in [7, 11) is 0. The maximum atomic E-state index is 12.6. The van der Waals surface area contributed by atoms with Crippen molar-refractivity contribution in [2.24, 2.45) is 0 Å². The second kappa shape index (κ2) is 7.21. The third kappa shape index (κ3) is 3.13. The summed E-state index contributed by atoms with van der Waals surface area (Å²) < 4.78 is 1.83. The lowest BCUT2D eigenvalue weighted by Crippen LogP contribution is -2.32. The number of aromatic nitrogens is 4. The smallest absolute Gasteiger partial charge is 0.255 e. The summed E-state index contributed by atoms with van der Waals surface area (Å²) >= 11 is 0. The van der Waals surface area contributed by atoms with Crippen LogP contribution in [0, 0.1) is 0 Å². The van der Waals surface area contributed by atoms with Crippen molar-refractivity contribution in [3.63, 3.8) is 0 Å². The Morgan fingerprint density at radius 3 is 2.46 bits per heavy atom. The van der Waals surface area contributed by atoms with Crippen LogP contribution in [0.15, 0.2) is 42.7 Å². The van der Waals surface area contributed by atoms with Crippen LogP contribution in [-0.4, -0.2) is 43.5 Å². The predicted octanol–water partition coefficient (Wildman–Crippen LogP) is 3.05. The molecule has 0 saturated carbocycles. The largest absolute Gasteiger partial charge is 0.339 e. The Balaban J connectivity index is 1.86. The van der Waals surface area contributed by atoms with Crippen LogP contribution in [0.5, 0.6) is 0 Å². The van der Waals surface area contributed by atoms with Crippen LogP contribution in [-0.2, 0) is 0 Å². The van der Waals surface area contributed by atoms with Crippen LogP contribution in [0.3, 0.4) is 0 Å². The van der Waals surface area contributed by atoms with Crippen LogP contribution >= 0.6 is 0 Å². The van der Waals surface area contributed by atoms with Crippen molar-refractivity contribution in [1.82, 2.24) is 24.5 Å². The molecule has 24 heavy (non-hydrogen) atoms. The minimum atomic E-state index is 0.0815. The molecule has 2 heterocycles. The Hall–Kier alpha value is -2.76. The average molecular weight is 323 g/mol. The van der Waals surface area contributed by atoms with E-state index in [1.54, 1.807) is 6.20 Å². The fraction of sp³-hybridized carbons (Fsp3) is 0.333. The van der Waals surface area contributed by atoms with Gasteiger partial charge in [-0.1, -0.05) is 26.0 Å². The average Bonchev–Trinajstić information content (AvgIpc) is 3.05. The van der Waals surface area contributed by atoms with Crippen molar-refractivity contribution in [3.05, 3.63) is 48.3 Å². The van der Waals surface area contributed by atoms with Crippen LogP contribution in [0.2, 0.25) is 0 Å². The molecule has 0 saturated heterocycles. The van der Waals surface area contributed by atoms with Crippen molar-refractivity contribution < 1.29 is 4.79 Å². The molecule has 2 aromatic heterocycles. The fourth-order valence-electron chi connectivity index (χ4n) is 2.74. The summed E-state index contributed by atoms with van der Waals surface area (Å²) in [4.78, 5) is 18.7. The summed E-state index contributed by atoms with van der Waals surface area (Å²) in [5, 5.41) is 8.25. The van der Waals surface area contributed by atoms with Crippen LogP contribution in [0.1, 0.15) is 37.0 Å². The summed E-state index contributed by atoms with van der Waals surface area (Å²) in [5.41, 5.74) is 1.61. The lowest BCUT2D eigenvalue weighted by Gasteiger charge is -2.21. The predicted molar refractivity (Wildman–Crippen MR) is 92.7 cm³/mol. The van der Waals surface area contributed by atoms with Gasteiger partial charge in [0, 0.05) is 36.6 Å². The highest BCUT2D eigenvalue weighted by atomic mass is 16.2. The lowest BCUT2D eigenvalue weighted by atomic mass is 10.1. The summed E-state index contributed by atoms with van der Waals surface area (Å²) in [5.74, 6) is 1.36. The number of carbonyl (C=O) groups is 1. The second-order valence-corrected chi connectivity index (χ2v) is 5.68. The monoisotopic (exact) mass is 323 g/mol. The van der Waals surface area contributed by atoms with Gasteiger partial charge < -0.3 is 4.90 Å². The summed E-state index contributed by atoms with van der Waals surface area (Å²) in [6.07, 6.45) is 5.48. The van der Waals surface area contributed by atoms with Gasteiger partial charge in [-0.05, 0) is 31.0 Å². The molecule has 0 bridgehead atoms. The molecule has 0 unspecified atom stereocenters. The number of fused-ring (bicyclic) bond motifs is 1. The molecule has 0 atom stereocenters. The molecule has 0 spiro atoms. The van der Waals surface area contributed by atoms with E-state index in [4.69, 9.17) is 0 Å². The molecular formula is C18H21N5O. The SMILES string of the molecule is CCCN(CCC)C(=O)c1ccc(-c2nnc3ncccn23)cc1. The number of amides is 1. The quantitative estimate of drug-likeness (QED) is 0.699. The van der Waals surface area contributed by atoms with Gasteiger partial charge in [-0.25, -0.2) is 4.98 Å². The molecule has 3 rings (SSSR count). The first kappa shape index (κ1) is 16.1. The molecule has 3 aromatic rings. The van der Waals surface area contributed by atoms with E-state index in [0.29, 0.717) is 11.3 Å². The molecule has 0 aliphatic rings. The van der Waals surface area contributed by atoms with Crippen molar-refractivity contribution in [2.75, 3.05) is 13.1 Å². The fourth-order valence-corrected chi connectivity index (χ4v) is 2.74. The minimum Gasteiger partial charge on any atom is -0.339 e. The zero-order valence-electron chi connectivity index (χ0n) is 14.0. The van der Waals surface area contributed by atoms with E-state index in [9.17, 15) is 4.79 Å². The molecule has 0 fully saturated rings. The molecule has 124 valence electrons. The van der Waals surface area contributed by atoms with Gasteiger partial charge in [0.25, 0.3) is 11.7 Å². The van der Waals surface area contributed by atoms with Crippen molar-refractivity contribution in [1.29, 1.82) is 0 Å². The molecule has 1 amide bonds. The molecule has 1 aromatic carbocycles. The summed E-state index contributed by atoms with van der Waals surface area (Å²) in [6, 6.07) is 9.37. The van der Waals surface area contributed by atoms with Gasteiger partial charge in [-0.3, -0.25) is 9.20 Å². The molecule has 0 N–H and O–H groups in total. The molecular weight excluding hydrogens is 302 g/mol. The molecule has 6 nitrogen and oxygen atoms in total.